The first-order valence-corrected chi connectivity index (χ1v) is 7.28. The molecule has 3 rings (SSSR count). The Balaban J connectivity index is 1.87. The summed E-state index contributed by atoms with van der Waals surface area (Å²) in [5, 5.41) is 11.6. The number of hydrogen-bond acceptors (Lipinski definition) is 4. The third kappa shape index (κ3) is 2.98. The molecule has 0 unspecified atom stereocenters. The van der Waals surface area contributed by atoms with Crippen LogP contribution in [-0.4, -0.2) is 21.0 Å². The second kappa shape index (κ2) is 5.97. The lowest BCUT2D eigenvalue weighted by Gasteiger charge is -2.09. The van der Waals surface area contributed by atoms with Gasteiger partial charge in [-0.2, -0.15) is 5.10 Å². The van der Waals surface area contributed by atoms with Gasteiger partial charge in [0.2, 0.25) is 0 Å². The molecule has 5 heteroatoms. The Morgan fingerprint density at radius 3 is 3.00 bits per heavy atom. The fourth-order valence-corrected chi connectivity index (χ4v) is 2.47. The van der Waals surface area contributed by atoms with Crippen LogP contribution in [0.5, 0.6) is 0 Å². The number of nitrogens with zero attached hydrogens (tertiary/aromatic N) is 2. The monoisotopic (exact) mass is 294 g/mol. The fourth-order valence-electron chi connectivity index (χ4n) is 2.47. The Hall–Kier alpha value is -2.69. The molecule has 3 aromatic rings. The summed E-state index contributed by atoms with van der Waals surface area (Å²) in [5.74, 6) is 0.992. The highest BCUT2D eigenvalue weighted by molar-refractivity contribution is 5.92. The number of hydrogen-bond donors (Lipinski definition) is 2. The minimum Gasteiger partial charge on any atom is -0.340 e. The van der Waals surface area contributed by atoms with Crippen molar-refractivity contribution in [2.75, 3.05) is 5.32 Å². The van der Waals surface area contributed by atoms with Gasteiger partial charge in [-0.15, -0.1) is 0 Å². The number of ketones is 1. The lowest BCUT2D eigenvalue weighted by Crippen LogP contribution is -1.97. The molecule has 0 radical (unpaired) electrons. The Morgan fingerprint density at radius 2 is 2.18 bits per heavy atom. The van der Waals surface area contributed by atoms with Gasteiger partial charge >= 0.3 is 0 Å². The summed E-state index contributed by atoms with van der Waals surface area (Å²) in [6.07, 6.45) is 3.07. The van der Waals surface area contributed by atoms with Gasteiger partial charge in [-0.25, -0.2) is 4.98 Å². The van der Waals surface area contributed by atoms with Crippen LogP contribution in [-0.2, 0) is 11.2 Å². The highest BCUT2D eigenvalue weighted by atomic mass is 16.1. The Labute approximate surface area is 128 Å². The number of aryl methyl sites for hydroxylation is 2. The summed E-state index contributed by atoms with van der Waals surface area (Å²) >= 11 is 0. The molecule has 0 aliphatic carbocycles. The number of fused-ring (bicyclic) bond motifs is 1. The number of anilines is 2. The van der Waals surface area contributed by atoms with Crippen molar-refractivity contribution in [3.05, 3.63) is 47.8 Å². The predicted molar refractivity (Wildman–Crippen MR) is 87.4 cm³/mol. The highest BCUT2D eigenvalue weighted by Crippen LogP contribution is 2.25. The SMILES string of the molecule is CC(=O)CCc1cccc(Nc2nccc3n[nH]c(C)c23)c1. The van der Waals surface area contributed by atoms with E-state index in [4.69, 9.17) is 0 Å². The van der Waals surface area contributed by atoms with Crippen molar-refractivity contribution in [1.82, 2.24) is 15.2 Å². The zero-order valence-corrected chi connectivity index (χ0v) is 12.7. The molecular weight excluding hydrogens is 276 g/mol. The van der Waals surface area contributed by atoms with Crippen molar-refractivity contribution in [1.29, 1.82) is 0 Å². The average molecular weight is 294 g/mol. The number of nitrogens with one attached hydrogen (secondary N) is 2. The van der Waals surface area contributed by atoms with Gasteiger partial charge in [-0.05, 0) is 44.0 Å². The zero-order valence-electron chi connectivity index (χ0n) is 12.7. The first kappa shape index (κ1) is 14.3. The van der Waals surface area contributed by atoms with Crippen LogP contribution in [0, 0.1) is 6.92 Å². The van der Waals surface area contributed by atoms with Gasteiger partial charge in [0.05, 0.1) is 10.9 Å². The van der Waals surface area contributed by atoms with Gasteiger partial charge in [-0.3, -0.25) is 5.10 Å². The maximum absolute atomic E-state index is 11.1. The number of H-pyrrole nitrogens is 1. The number of rotatable bonds is 5. The van der Waals surface area contributed by atoms with E-state index in [2.05, 4.69) is 26.6 Å². The van der Waals surface area contributed by atoms with Crippen LogP contribution in [0.3, 0.4) is 0 Å². The first-order chi connectivity index (χ1) is 10.6. The molecule has 0 saturated carbocycles. The van der Waals surface area contributed by atoms with Crippen molar-refractivity contribution in [2.24, 2.45) is 0 Å². The Morgan fingerprint density at radius 1 is 1.32 bits per heavy atom. The Bertz CT molecular complexity index is 822. The smallest absolute Gasteiger partial charge is 0.141 e. The standard InChI is InChI=1S/C17H18N4O/c1-11(22)6-7-13-4-3-5-14(10-13)19-17-16-12(2)20-21-15(16)8-9-18-17/h3-5,8-10H,6-7H2,1-2H3,(H,18,19)(H,20,21). The molecule has 2 N–H and O–H groups in total. The van der Waals surface area contributed by atoms with E-state index in [1.165, 1.54) is 0 Å². The van der Waals surface area contributed by atoms with E-state index in [9.17, 15) is 4.79 Å². The van der Waals surface area contributed by atoms with E-state index >= 15 is 0 Å². The molecule has 0 bridgehead atoms. The molecule has 0 atom stereocenters. The normalized spacial score (nSPS) is 10.8. The predicted octanol–water partition coefficient (Wildman–Crippen LogP) is 3.53. The molecule has 0 saturated heterocycles. The molecule has 0 aliphatic heterocycles. The maximum atomic E-state index is 11.1. The number of aromatic nitrogens is 3. The lowest BCUT2D eigenvalue weighted by atomic mass is 10.1. The second-order valence-electron chi connectivity index (χ2n) is 5.43. The summed E-state index contributed by atoms with van der Waals surface area (Å²) in [6, 6.07) is 9.95. The summed E-state index contributed by atoms with van der Waals surface area (Å²) < 4.78 is 0. The minimum absolute atomic E-state index is 0.207. The third-order valence-corrected chi connectivity index (χ3v) is 3.60. The average Bonchev–Trinajstić information content (AvgIpc) is 2.88. The van der Waals surface area contributed by atoms with Crippen LogP contribution in [0.4, 0.5) is 11.5 Å². The van der Waals surface area contributed by atoms with Crippen LogP contribution >= 0.6 is 0 Å². The fraction of sp³-hybridized carbons (Fsp3) is 0.235. The molecular formula is C17H18N4O. The van der Waals surface area contributed by atoms with Gasteiger partial charge < -0.3 is 10.1 Å². The molecule has 2 aromatic heterocycles. The maximum Gasteiger partial charge on any atom is 0.141 e. The Kier molecular flexibility index (Phi) is 3.87. The van der Waals surface area contributed by atoms with Crippen LogP contribution < -0.4 is 5.32 Å². The van der Waals surface area contributed by atoms with E-state index in [0.29, 0.717) is 6.42 Å². The third-order valence-electron chi connectivity index (χ3n) is 3.60. The topological polar surface area (TPSA) is 70.7 Å². The molecule has 22 heavy (non-hydrogen) atoms. The number of aromatic amines is 1. The van der Waals surface area contributed by atoms with E-state index < -0.39 is 0 Å². The molecule has 0 spiro atoms. The van der Waals surface area contributed by atoms with Crippen LogP contribution in [0.2, 0.25) is 0 Å². The molecule has 0 aliphatic rings. The van der Waals surface area contributed by atoms with Crippen molar-refractivity contribution in [2.45, 2.75) is 26.7 Å². The molecule has 112 valence electrons. The number of benzene rings is 1. The summed E-state index contributed by atoms with van der Waals surface area (Å²) in [6.45, 7) is 3.60. The van der Waals surface area contributed by atoms with Crippen molar-refractivity contribution >= 4 is 28.2 Å². The summed E-state index contributed by atoms with van der Waals surface area (Å²) in [4.78, 5) is 15.5. The van der Waals surface area contributed by atoms with Gasteiger partial charge in [0.25, 0.3) is 0 Å². The number of carbonyl (C=O) groups excluding carboxylic acids is 1. The quantitative estimate of drug-likeness (QED) is 0.755. The van der Waals surface area contributed by atoms with E-state index in [0.717, 1.165) is 40.1 Å². The van der Waals surface area contributed by atoms with Crippen molar-refractivity contribution < 1.29 is 4.79 Å². The van der Waals surface area contributed by atoms with Crippen LogP contribution in [0.15, 0.2) is 36.5 Å². The number of carbonyl (C=O) groups is 1. The van der Waals surface area contributed by atoms with Crippen LogP contribution in [0.25, 0.3) is 10.9 Å². The van der Waals surface area contributed by atoms with Gasteiger partial charge in [0.1, 0.15) is 11.6 Å². The van der Waals surface area contributed by atoms with E-state index in [-0.39, 0.29) is 5.78 Å². The molecule has 0 amide bonds. The van der Waals surface area contributed by atoms with Gasteiger partial charge in [0, 0.05) is 24.0 Å². The number of pyridine rings is 1. The first-order valence-electron chi connectivity index (χ1n) is 7.28. The van der Waals surface area contributed by atoms with Crippen molar-refractivity contribution in [3.63, 3.8) is 0 Å². The van der Waals surface area contributed by atoms with E-state index in [1.54, 1.807) is 13.1 Å². The molecule has 1 aromatic carbocycles. The zero-order chi connectivity index (χ0) is 15.5. The number of Topliss-reactive ketones (excluding diaryl/α,β-unsaturated/α-hetero) is 1. The largest absolute Gasteiger partial charge is 0.340 e. The summed E-state index contributed by atoms with van der Waals surface area (Å²) in [5.41, 5.74) is 3.97. The highest BCUT2D eigenvalue weighted by Gasteiger charge is 2.08. The van der Waals surface area contributed by atoms with E-state index in [1.807, 2.05) is 31.2 Å². The minimum atomic E-state index is 0.207. The second-order valence-corrected chi connectivity index (χ2v) is 5.43. The molecule has 0 fully saturated rings. The van der Waals surface area contributed by atoms with Gasteiger partial charge in [0.15, 0.2) is 0 Å². The summed E-state index contributed by atoms with van der Waals surface area (Å²) in [7, 11) is 0. The molecule has 2 heterocycles. The van der Waals surface area contributed by atoms with Gasteiger partial charge in [-0.1, -0.05) is 12.1 Å². The molecule has 5 nitrogen and oxygen atoms in total. The lowest BCUT2D eigenvalue weighted by molar-refractivity contribution is -0.116. The van der Waals surface area contributed by atoms with Crippen molar-refractivity contribution in [3.8, 4) is 0 Å². The van der Waals surface area contributed by atoms with Crippen LogP contribution in [0.1, 0.15) is 24.6 Å².